The molecule has 8 nitrogen and oxygen atoms in total. The van der Waals surface area contributed by atoms with E-state index in [2.05, 4.69) is 36.1 Å². The van der Waals surface area contributed by atoms with Crippen LogP contribution in [0.15, 0.2) is 83.3 Å². The van der Waals surface area contributed by atoms with Crippen molar-refractivity contribution in [1.29, 1.82) is 0 Å². The minimum atomic E-state index is -0.490. The molecule has 3 aromatic carbocycles. The molecule has 3 heterocycles. The summed E-state index contributed by atoms with van der Waals surface area (Å²) < 4.78 is 13.0. The molecule has 0 bridgehead atoms. The maximum Gasteiger partial charge on any atom is 0.358 e. The lowest BCUT2D eigenvalue weighted by Gasteiger charge is -2.32. The Morgan fingerprint density at radius 3 is 2.60 bits per heavy atom. The van der Waals surface area contributed by atoms with Gasteiger partial charge >= 0.3 is 5.97 Å². The third kappa shape index (κ3) is 5.86. The van der Waals surface area contributed by atoms with Crippen LogP contribution in [0.2, 0.25) is 0 Å². The van der Waals surface area contributed by atoms with Crippen LogP contribution in [0.25, 0.3) is 10.2 Å². The monoisotopic (exact) mass is 642 g/mol. The number of amides is 1. The summed E-state index contributed by atoms with van der Waals surface area (Å²) in [6.45, 7) is 3.49. The van der Waals surface area contributed by atoms with Gasteiger partial charge in [-0.25, -0.2) is 14.8 Å². The molecular weight excluding hydrogens is 616 g/mol. The number of hydrogen-bond acceptors (Lipinski definition) is 8. The lowest BCUT2D eigenvalue weighted by Crippen LogP contribution is -2.33. The van der Waals surface area contributed by atoms with Crippen molar-refractivity contribution in [2.75, 3.05) is 23.4 Å². The van der Waals surface area contributed by atoms with Crippen LogP contribution in [0.3, 0.4) is 0 Å². The first-order valence-corrected chi connectivity index (χ1v) is 15.2. The van der Waals surface area contributed by atoms with E-state index >= 15 is 0 Å². The van der Waals surface area contributed by atoms with Gasteiger partial charge in [0, 0.05) is 24.2 Å². The molecule has 1 aliphatic rings. The Morgan fingerprint density at radius 1 is 0.976 bits per heavy atom. The number of ether oxygens (including phenoxy) is 2. The summed E-state index contributed by atoms with van der Waals surface area (Å²) in [6, 6.07) is 25.1. The highest BCUT2D eigenvalue weighted by Crippen LogP contribution is 2.35. The van der Waals surface area contributed by atoms with Crippen molar-refractivity contribution >= 4 is 60.3 Å². The van der Waals surface area contributed by atoms with Gasteiger partial charge in [0.1, 0.15) is 18.2 Å². The van der Waals surface area contributed by atoms with Gasteiger partial charge < -0.3 is 14.4 Å². The number of hydrogen-bond donors (Lipinski definition) is 1. The van der Waals surface area contributed by atoms with Crippen LogP contribution >= 0.6 is 27.3 Å². The molecule has 2 aromatic heterocycles. The molecule has 5 aromatic rings. The van der Waals surface area contributed by atoms with Crippen molar-refractivity contribution in [1.82, 2.24) is 9.97 Å². The predicted octanol–water partition coefficient (Wildman–Crippen LogP) is 7.02. The molecule has 0 spiro atoms. The number of esters is 1. The first-order valence-electron chi connectivity index (χ1n) is 13.6. The zero-order chi connectivity index (χ0) is 29.1. The fourth-order valence-electron chi connectivity index (χ4n) is 4.96. The van der Waals surface area contributed by atoms with E-state index in [4.69, 9.17) is 9.47 Å². The smallest absolute Gasteiger partial charge is 0.358 e. The molecule has 0 unspecified atom stereocenters. The van der Waals surface area contributed by atoms with Gasteiger partial charge in [0.15, 0.2) is 10.8 Å². The Hall–Kier alpha value is -4.28. The Bertz CT molecular complexity index is 1740. The number of nitrogens with zero attached hydrogens (tertiary/aromatic N) is 3. The molecule has 0 radical (unpaired) electrons. The number of thiazole rings is 1. The number of para-hydroxylation sites is 1. The van der Waals surface area contributed by atoms with E-state index in [-0.39, 0.29) is 18.2 Å². The first-order chi connectivity index (χ1) is 20.5. The van der Waals surface area contributed by atoms with Crippen molar-refractivity contribution in [3.8, 4) is 5.75 Å². The number of nitrogens with one attached hydrogen (secondary N) is 1. The van der Waals surface area contributed by atoms with E-state index in [1.165, 1.54) is 11.3 Å². The molecular formula is C32H27BrN4O4S. The quantitative estimate of drug-likeness (QED) is 0.182. The molecule has 0 aliphatic carbocycles. The largest absolute Gasteiger partial charge is 0.489 e. The summed E-state index contributed by atoms with van der Waals surface area (Å²) >= 11 is 4.85. The lowest BCUT2D eigenvalue weighted by atomic mass is 9.93. The van der Waals surface area contributed by atoms with Crippen LogP contribution in [-0.2, 0) is 24.3 Å². The summed E-state index contributed by atoms with van der Waals surface area (Å²) in [5, 5.41) is 3.54. The molecule has 42 heavy (non-hydrogen) atoms. The second-order valence-electron chi connectivity index (χ2n) is 9.68. The van der Waals surface area contributed by atoms with Crippen molar-refractivity contribution in [3.63, 3.8) is 0 Å². The molecule has 212 valence electrons. The van der Waals surface area contributed by atoms with E-state index in [0.717, 1.165) is 32.7 Å². The molecule has 0 saturated heterocycles. The molecule has 0 atom stereocenters. The summed E-state index contributed by atoms with van der Waals surface area (Å²) in [5.74, 6) is 0.648. The number of rotatable bonds is 8. The predicted molar refractivity (Wildman–Crippen MR) is 167 cm³/mol. The Balaban J connectivity index is 1.33. The van der Waals surface area contributed by atoms with Gasteiger partial charge in [-0.05, 0) is 76.8 Å². The number of halogens is 1. The fraction of sp³-hybridized carbons (Fsp3) is 0.188. The molecule has 6 rings (SSSR count). The maximum atomic E-state index is 13.7. The van der Waals surface area contributed by atoms with Gasteiger partial charge in [-0.1, -0.05) is 53.8 Å². The van der Waals surface area contributed by atoms with E-state index in [1.807, 2.05) is 72.8 Å². The summed E-state index contributed by atoms with van der Waals surface area (Å²) in [6.07, 6.45) is 0.633. The topological polar surface area (TPSA) is 93.6 Å². The van der Waals surface area contributed by atoms with Gasteiger partial charge in [-0.15, -0.1) is 0 Å². The summed E-state index contributed by atoms with van der Waals surface area (Å²) in [5.41, 5.74) is 4.51. The molecule has 0 fully saturated rings. The van der Waals surface area contributed by atoms with Crippen LogP contribution in [0.1, 0.15) is 44.5 Å². The van der Waals surface area contributed by atoms with Crippen LogP contribution in [0.5, 0.6) is 5.75 Å². The second kappa shape index (κ2) is 12.3. The Morgan fingerprint density at radius 2 is 1.79 bits per heavy atom. The number of anilines is 2. The number of benzene rings is 3. The minimum Gasteiger partial charge on any atom is -0.489 e. The third-order valence-corrected chi connectivity index (χ3v) is 8.58. The first kappa shape index (κ1) is 27.9. The summed E-state index contributed by atoms with van der Waals surface area (Å²) in [7, 11) is 0. The average molecular weight is 644 g/mol. The van der Waals surface area contributed by atoms with Crippen LogP contribution in [-0.4, -0.2) is 35.0 Å². The zero-order valence-corrected chi connectivity index (χ0v) is 25.2. The van der Waals surface area contributed by atoms with E-state index < -0.39 is 5.97 Å². The van der Waals surface area contributed by atoms with Gasteiger partial charge in [0.05, 0.1) is 21.3 Å². The molecule has 1 N–H and O–H groups in total. The van der Waals surface area contributed by atoms with Crippen molar-refractivity contribution < 1.29 is 19.1 Å². The normalized spacial score (nSPS) is 12.6. The highest BCUT2D eigenvalue weighted by atomic mass is 79.9. The molecule has 0 saturated carbocycles. The number of aromatic nitrogens is 2. The van der Waals surface area contributed by atoms with Crippen molar-refractivity contribution in [3.05, 3.63) is 111 Å². The Labute approximate surface area is 255 Å². The Kier molecular flexibility index (Phi) is 8.16. The van der Waals surface area contributed by atoms with Crippen molar-refractivity contribution in [2.24, 2.45) is 0 Å². The van der Waals surface area contributed by atoms with Crippen LogP contribution < -0.4 is 15.0 Å². The number of carbonyl (C=O) groups is 2. The molecule has 1 amide bonds. The van der Waals surface area contributed by atoms with Gasteiger partial charge in [-0.2, -0.15) is 0 Å². The standard InChI is InChI=1S/C32H27BrN4O4S/c1-2-40-31(39)29-24(33)13-15-28(35-29)37-17-16-21-23(18-37)22(12-14-26(21)41-19-20-8-4-3-5-9-20)30(38)36-32-34-25-10-6-7-11-27(25)42-32/h3-15H,2,16-19H2,1H3,(H,34,36,38). The van der Waals surface area contributed by atoms with E-state index in [0.29, 0.717) is 47.1 Å². The number of carbonyl (C=O) groups excluding carboxylic acids is 2. The maximum absolute atomic E-state index is 13.7. The van der Waals surface area contributed by atoms with Gasteiger partial charge in [0.25, 0.3) is 5.91 Å². The SMILES string of the molecule is CCOC(=O)c1nc(N2CCc3c(OCc4ccccc4)ccc(C(=O)Nc4nc5ccccc5s4)c3C2)ccc1Br. The van der Waals surface area contributed by atoms with Gasteiger partial charge in [-0.3, -0.25) is 10.1 Å². The minimum absolute atomic E-state index is 0.217. The summed E-state index contributed by atoms with van der Waals surface area (Å²) in [4.78, 5) is 37.4. The third-order valence-electron chi connectivity index (χ3n) is 6.99. The average Bonchev–Trinajstić information content (AvgIpc) is 3.42. The zero-order valence-electron chi connectivity index (χ0n) is 22.8. The fourth-order valence-corrected chi connectivity index (χ4v) is 6.21. The highest BCUT2D eigenvalue weighted by molar-refractivity contribution is 9.10. The number of fused-ring (bicyclic) bond motifs is 2. The molecule has 10 heteroatoms. The van der Waals surface area contributed by atoms with Crippen LogP contribution in [0, 0.1) is 0 Å². The van der Waals surface area contributed by atoms with Crippen molar-refractivity contribution in [2.45, 2.75) is 26.5 Å². The highest BCUT2D eigenvalue weighted by Gasteiger charge is 2.27. The molecule has 1 aliphatic heterocycles. The van der Waals surface area contributed by atoms with Crippen LogP contribution in [0.4, 0.5) is 10.9 Å². The van der Waals surface area contributed by atoms with Gasteiger partial charge in [0.2, 0.25) is 0 Å². The number of pyridine rings is 1. The second-order valence-corrected chi connectivity index (χ2v) is 11.6. The lowest BCUT2D eigenvalue weighted by molar-refractivity contribution is 0.0518. The van der Waals surface area contributed by atoms with E-state index in [1.54, 1.807) is 13.0 Å². The van der Waals surface area contributed by atoms with E-state index in [9.17, 15) is 9.59 Å².